The first-order valence-electron chi connectivity index (χ1n) is 7.15. The summed E-state index contributed by atoms with van der Waals surface area (Å²) in [6.07, 6.45) is 2.60. The van der Waals surface area contributed by atoms with Crippen LogP contribution in [0.25, 0.3) is 0 Å². The van der Waals surface area contributed by atoms with Crippen molar-refractivity contribution in [2.24, 2.45) is 11.7 Å². The molecule has 1 aromatic carbocycles. The van der Waals surface area contributed by atoms with Crippen LogP contribution >= 0.6 is 15.9 Å². The molecule has 0 atom stereocenters. The molecule has 0 aromatic heterocycles. The maximum atomic E-state index is 5.59. The Balaban J connectivity index is 1.63. The Morgan fingerprint density at radius 1 is 1.21 bits per heavy atom. The van der Waals surface area contributed by atoms with E-state index in [-0.39, 0.29) is 0 Å². The fraction of sp³-hybridized carbons (Fsp3) is 0.600. The van der Waals surface area contributed by atoms with Crippen LogP contribution in [-0.4, -0.2) is 37.6 Å². The molecule has 1 aliphatic rings. The minimum atomic E-state index is 0.784. The second kappa shape index (κ2) is 8.00. The van der Waals surface area contributed by atoms with Gasteiger partial charge in [-0.1, -0.05) is 28.1 Å². The average Bonchev–Trinajstić information content (AvgIpc) is 2.43. The normalized spacial score (nSPS) is 17.8. The van der Waals surface area contributed by atoms with E-state index in [1.54, 1.807) is 0 Å². The molecule has 0 radical (unpaired) electrons. The molecule has 2 rings (SSSR count). The molecular weight excluding hydrogens is 302 g/mol. The van der Waals surface area contributed by atoms with Gasteiger partial charge in [0.25, 0.3) is 0 Å². The summed E-state index contributed by atoms with van der Waals surface area (Å²) < 4.78 is 1.14. The third-order valence-corrected chi connectivity index (χ3v) is 4.36. The molecule has 3 nitrogen and oxygen atoms in total. The van der Waals surface area contributed by atoms with Crippen molar-refractivity contribution in [2.75, 3.05) is 32.7 Å². The zero-order valence-electron chi connectivity index (χ0n) is 11.4. The van der Waals surface area contributed by atoms with Crippen LogP contribution in [0, 0.1) is 5.92 Å². The van der Waals surface area contributed by atoms with E-state index in [0.29, 0.717) is 0 Å². The Hall–Kier alpha value is -0.420. The molecule has 0 spiro atoms. The number of hydrogen-bond donors (Lipinski definition) is 2. The van der Waals surface area contributed by atoms with Crippen molar-refractivity contribution in [3.05, 3.63) is 34.3 Å². The highest BCUT2D eigenvalue weighted by molar-refractivity contribution is 9.10. The lowest BCUT2D eigenvalue weighted by Gasteiger charge is -2.31. The van der Waals surface area contributed by atoms with Crippen molar-refractivity contribution in [2.45, 2.75) is 19.4 Å². The van der Waals surface area contributed by atoms with Gasteiger partial charge in [-0.3, -0.25) is 0 Å². The topological polar surface area (TPSA) is 41.3 Å². The Morgan fingerprint density at radius 2 is 1.89 bits per heavy atom. The van der Waals surface area contributed by atoms with Gasteiger partial charge in [0.2, 0.25) is 0 Å². The number of nitrogens with two attached hydrogens (primary N) is 1. The first kappa shape index (κ1) is 15.0. The highest BCUT2D eigenvalue weighted by Crippen LogP contribution is 2.16. The average molecular weight is 326 g/mol. The number of likely N-dealkylation sites (tertiary alicyclic amines) is 1. The molecule has 0 aliphatic carbocycles. The van der Waals surface area contributed by atoms with E-state index in [9.17, 15) is 0 Å². The first-order valence-corrected chi connectivity index (χ1v) is 7.95. The Morgan fingerprint density at radius 3 is 2.53 bits per heavy atom. The predicted molar refractivity (Wildman–Crippen MR) is 84.1 cm³/mol. The predicted octanol–water partition coefficient (Wildman–Crippen LogP) is 2.21. The maximum absolute atomic E-state index is 5.59. The van der Waals surface area contributed by atoms with Crippen LogP contribution in [0.2, 0.25) is 0 Å². The lowest BCUT2D eigenvalue weighted by atomic mass is 9.97. The van der Waals surface area contributed by atoms with E-state index in [1.165, 1.54) is 31.5 Å². The van der Waals surface area contributed by atoms with Crippen LogP contribution in [0.3, 0.4) is 0 Å². The lowest BCUT2D eigenvalue weighted by molar-refractivity contribution is 0.186. The zero-order valence-corrected chi connectivity index (χ0v) is 13.0. The van der Waals surface area contributed by atoms with Crippen molar-refractivity contribution >= 4 is 15.9 Å². The number of hydrogen-bond acceptors (Lipinski definition) is 3. The number of halogens is 1. The van der Waals surface area contributed by atoms with E-state index in [1.807, 2.05) is 0 Å². The van der Waals surface area contributed by atoms with Gasteiger partial charge < -0.3 is 16.0 Å². The molecule has 1 saturated heterocycles. The fourth-order valence-electron chi connectivity index (χ4n) is 2.62. The SMILES string of the molecule is NCCN1CCC(CNCc2ccc(Br)cc2)CC1. The van der Waals surface area contributed by atoms with Gasteiger partial charge in [0.1, 0.15) is 0 Å². The monoisotopic (exact) mass is 325 g/mol. The third kappa shape index (κ3) is 5.22. The first-order chi connectivity index (χ1) is 9.28. The van der Waals surface area contributed by atoms with Gasteiger partial charge in [-0.05, 0) is 56.1 Å². The van der Waals surface area contributed by atoms with E-state index < -0.39 is 0 Å². The Bertz CT molecular complexity index is 358. The van der Waals surface area contributed by atoms with E-state index in [0.717, 1.165) is 36.6 Å². The van der Waals surface area contributed by atoms with Crippen LogP contribution in [0.1, 0.15) is 18.4 Å². The third-order valence-electron chi connectivity index (χ3n) is 3.83. The summed E-state index contributed by atoms with van der Waals surface area (Å²) in [6.45, 7) is 6.36. The number of benzene rings is 1. The molecule has 1 fully saturated rings. The van der Waals surface area contributed by atoms with Crippen LogP contribution in [0.4, 0.5) is 0 Å². The van der Waals surface area contributed by atoms with Crippen molar-refractivity contribution in [1.29, 1.82) is 0 Å². The summed E-state index contributed by atoms with van der Waals surface area (Å²) in [5.41, 5.74) is 6.94. The van der Waals surface area contributed by atoms with Gasteiger partial charge in [-0.2, -0.15) is 0 Å². The number of rotatable bonds is 6. The standard InChI is InChI=1S/C15H24BrN3/c16-15-3-1-13(2-4-15)11-18-12-14-5-8-19(9-6-14)10-7-17/h1-4,14,18H,5-12,17H2. The molecule has 106 valence electrons. The smallest absolute Gasteiger partial charge is 0.0205 e. The number of nitrogens with one attached hydrogen (secondary N) is 1. The molecule has 1 aromatic rings. The molecule has 4 heteroatoms. The lowest BCUT2D eigenvalue weighted by Crippen LogP contribution is -2.39. The molecule has 0 bridgehead atoms. The van der Waals surface area contributed by atoms with E-state index >= 15 is 0 Å². The zero-order chi connectivity index (χ0) is 13.5. The minimum absolute atomic E-state index is 0.784. The molecular formula is C15H24BrN3. The number of nitrogens with zero attached hydrogens (tertiary/aromatic N) is 1. The largest absolute Gasteiger partial charge is 0.329 e. The van der Waals surface area contributed by atoms with Gasteiger partial charge in [0.15, 0.2) is 0 Å². The quantitative estimate of drug-likeness (QED) is 0.842. The van der Waals surface area contributed by atoms with Crippen LogP contribution in [0.5, 0.6) is 0 Å². The van der Waals surface area contributed by atoms with Crippen molar-refractivity contribution in [1.82, 2.24) is 10.2 Å². The summed E-state index contributed by atoms with van der Waals surface area (Å²) in [5.74, 6) is 0.824. The van der Waals surface area contributed by atoms with Crippen molar-refractivity contribution in [3.8, 4) is 0 Å². The van der Waals surface area contributed by atoms with Crippen LogP contribution < -0.4 is 11.1 Å². The second-order valence-corrected chi connectivity index (χ2v) is 6.25. The minimum Gasteiger partial charge on any atom is -0.329 e. The second-order valence-electron chi connectivity index (χ2n) is 5.33. The van der Waals surface area contributed by atoms with Gasteiger partial charge in [0, 0.05) is 24.1 Å². The number of piperidine rings is 1. The van der Waals surface area contributed by atoms with E-state index in [2.05, 4.69) is 50.4 Å². The Kier molecular flexibility index (Phi) is 6.31. The van der Waals surface area contributed by atoms with Gasteiger partial charge >= 0.3 is 0 Å². The summed E-state index contributed by atoms with van der Waals surface area (Å²) in [7, 11) is 0. The summed E-state index contributed by atoms with van der Waals surface area (Å²) in [6, 6.07) is 8.53. The molecule has 0 saturated carbocycles. The molecule has 19 heavy (non-hydrogen) atoms. The highest BCUT2D eigenvalue weighted by Gasteiger charge is 2.17. The van der Waals surface area contributed by atoms with Gasteiger partial charge in [0.05, 0.1) is 0 Å². The van der Waals surface area contributed by atoms with Crippen molar-refractivity contribution in [3.63, 3.8) is 0 Å². The molecule has 1 heterocycles. The summed E-state index contributed by atoms with van der Waals surface area (Å²) in [5, 5.41) is 3.58. The van der Waals surface area contributed by atoms with Crippen LogP contribution in [0.15, 0.2) is 28.7 Å². The molecule has 0 unspecified atom stereocenters. The molecule has 3 N–H and O–H groups in total. The maximum Gasteiger partial charge on any atom is 0.0205 e. The van der Waals surface area contributed by atoms with Crippen molar-refractivity contribution < 1.29 is 0 Å². The van der Waals surface area contributed by atoms with Gasteiger partial charge in [-0.25, -0.2) is 0 Å². The Labute approximate surface area is 124 Å². The van der Waals surface area contributed by atoms with E-state index in [4.69, 9.17) is 5.73 Å². The highest BCUT2D eigenvalue weighted by atomic mass is 79.9. The fourth-order valence-corrected chi connectivity index (χ4v) is 2.88. The van der Waals surface area contributed by atoms with Crippen LogP contribution in [-0.2, 0) is 6.54 Å². The molecule has 1 aliphatic heterocycles. The van der Waals surface area contributed by atoms with Gasteiger partial charge in [-0.15, -0.1) is 0 Å². The summed E-state index contributed by atoms with van der Waals surface area (Å²) in [4.78, 5) is 2.48. The summed E-state index contributed by atoms with van der Waals surface area (Å²) >= 11 is 3.46. The molecule has 0 amide bonds.